The minimum absolute atomic E-state index is 0.442. The highest BCUT2D eigenvalue weighted by Crippen LogP contribution is 2.28. The van der Waals surface area contributed by atoms with Gasteiger partial charge in [0.2, 0.25) is 0 Å². The van der Waals surface area contributed by atoms with Gasteiger partial charge in [0.1, 0.15) is 12.2 Å². The van der Waals surface area contributed by atoms with Crippen molar-refractivity contribution < 1.29 is 0 Å². The summed E-state index contributed by atoms with van der Waals surface area (Å²) < 4.78 is 2.21. The van der Waals surface area contributed by atoms with Crippen molar-refractivity contribution in [3.8, 4) is 0 Å². The van der Waals surface area contributed by atoms with Crippen LogP contribution in [-0.4, -0.2) is 37.7 Å². The van der Waals surface area contributed by atoms with Gasteiger partial charge in [-0.05, 0) is 51.9 Å². The number of aromatic amines is 1. The monoisotopic (exact) mass is 273 g/mol. The molecule has 3 rings (SSSR count). The lowest BCUT2D eigenvalue weighted by Crippen LogP contribution is -2.33. The summed E-state index contributed by atoms with van der Waals surface area (Å²) in [6.45, 7) is 7.67. The molecule has 0 amide bonds. The highest BCUT2D eigenvalue weighted by Gasteiger charge is 2.25. The van der Waals surface area contributed by atoms with E-state index in [1.54, 1.807) is 0 Å². The molecular formula is C15H23N5. The van der Waals surface area contributed by atoms with Crippen LogP contribution < -0.4 is 0 Å². The van der Waals surface area contributed by atoms with E-state index in [0.717, 1.165) is 19.6 Å². The fraction of sp³-hybridized carbons (Fsp3) is 0.600. The molecule has 0 radical (unpaired) electrons. The number of rotatable bonds is 4. The lowest BCUT2D eigenvalue weighted by molar-refractivity contribution is 0.197. The van der Waals surface area contributed by atoms with Gasteiger partial charge in [-0.2, -0.15) is 0 Å². The number of nitrogens with one attached hydrogen (secondary N) is 1. The molecule has 1 saturated heterocycles. The number of likely N-dealkylation sites (tertiary alicyclic amines) is 1. The third kappa shape index (κ3) is 2.77. The number of aromatic nitrogens is 4. The molecule has 20 heavy (non-hydrogen) atoms. The van der Waals surface area contributed by atoms with Crippen LogP contribution in [0.15, 0.2) is 24.7 Å². The van der Waals surface area contributed by atoms with E-state index >= 15 is 0 Å². The molecule has 1 aliphatic heterocycles. The fourth-order valence-corrected chi connectivity index (χ4v) is 3.00. The number of hydrogen-bond donors (Lipinski definition) is 1. The topological polar surface area (TPSA) is 49.7 Å². The van der Waals surface area contributed by atoms with Crippen molar-refractivity contribution in [3.05, 3.63) is 36.2 Å². The van der Waals surface area contributed by atoms with E-state index in [4.69, 9.17) is 0 Å². The van der Waals surface area contributed by atoms with Gasteiger partial charge >= 0.3 is 0 Å². The van der Waals surface area contributed by atoms with Gasteiger partial charge in [0.15, 0.2) is 0 Å². The minimum Gasteiger partial charge on any atom is -0.364 e. The van der Waals surface area contributed by atoms with Gasteiger partial charge in [-0.25, -0.2) is 0 Å². The molecule has 3 heterocycles. The van der Waals surface area contributed by atoms with E-state index in [-0.39, 0.29) is 0 Å². The maximum Gasteiger partial charge on any atom is 0.136 e. The molecule has 0 saturated carbocycles. The molecule has 0 unspecified atom stereocenters. The first-order valence-corrected chi connectivity index (χ1v) is 7.48. The van der Waals surface area contributed by atoms with Crippen LogP contribution in [0.3, 0.4) is 0 Å². The molecule has 5 heteroatoms. The van der Waals surface area contributed by atoms with Crippen molar-refractivity contribution in [2.24, 2.45) is 0 Å². The summed E-state index contributed by atoms with van der Waals surface area (Å²) in [4.78, 5) is 5.79. The van der Waals surface area contributed by atoms with Crippen LogP contribution >= 0.6 is 0 Å². The second-order valence-electron chi connectivity index (χ2n) is 5.94. The van der Waals surface area contributed by atoms with Gasteiger partial charge in [0, 0.05) is 30.4 Å². The Balaban J connectivity index is 1.59. The molecule has 0 spiro atoms. The fourth-order valence-electron chi connectivity index (χ4n) is 3.00. The number of H-pyrrole nitrogens is 1. The Labute approximate surface area is 120 Å². The lowest BCUT2D eigenvalue weighted by atomic mass is 9.95. The summed E-state index contributed by atoms with van der Waals surface area (Å²) >= 11 is 0. The molecule has 108 valence electrons. The van der Waals surface area contributed by atoms with Crippen LogP contribution in [0.5, 0.6) is 0 Å². The van der Waals surface area contributed by atoms with Gasteiger partial charge in [-0.3, -0.25) is 4.90 Å². The Bertz CT molecular complexity index is 520. The van der Waals surface area contributed by atoms with E-state index in [0.29, 0.717) is 12.0 Å². The quantitative estimate of drug-likeness (QED) is 0.931. The maximum atomic E-state index is 4.35. The Kier molecular flexibility index (Phi) is 3.87. The second-order valence-corrected chi connectivity index (χ2v) is 5.94. The summed E-state index contributed by atoms with van der Waals surface area (Å²) in [6.07, 6.45) is 6.21. The summed E-state index contributed by atoms with van der Waals surface area (Å²) in [5.74, 6) is 1.72. The predicted octanol–water partition coefficient (Wildman–Crippen LogP) is 2.57. The van der Waals surface area contributed by atoms with Gasteiger partial charge in [-0.1, -0.05) is 0 Å². The molecule has 5 nitrogen and oxygen atoms in total. The van der Waals surface area contributed by atoms with Gasteiger partial charge < -0.3 is 9.55 Å². The van der Waals surface area contributed by atoms with Crippen molar-refractivity contribution in [1.82, 2.24) is 24.6 Å². The summed E-state index contributed by atoms with van der Waals surface area (Å²) in [5, 5.41) is 8.44. The van der Waals surface area contributed by atoms with Crippen molar-refractivity contribution >= 4 is 0 Å². The van der Waals surface area contributed by atoms with Crippen LogP contribution in [0.1, 0.15) is 50.2 Å². The Morgan fingerprint density at radius 2 is 2.15 bits per heavy atom. The highest BCUT2D eigenvalue weighted by atomic mass is 15.3. The number of hydrogen-bond acceptors (Lipinski definition) is 3. The normalized spacial score (nSPS) is 17.9. The third-order valence-electron chi connectivity index (χ3n) is 4.17. The first-order valence-electron chi connectivity index (χ1n) is 7.48. The lowest BCUT2D eigenvalue weighted by Gasteiger charge is -2.31. The van der Waals surface area contributed by atoms with Crippen LogP contribution in [0.2, 0.25) is 0 Å². The molecule has 0 aliphatic carbocycles. The predicted molar refractivity (Wildman–Crippen MR) is 78.5 cm³/mol. The van der Waals surface area contributed by atoms with Crippen LogP contribution in [0.25, 0.3) is 0 Å². The molecule has 0 atom stereocenters. The molecule has 2 aromatic heterocycles. The first-order chi connectivity index (χ1) is 9.74. The van der Waals surface area contributed by atoms with Gasteiger partial charge in [0.25, 0.3) is 0 Å². The van der Waals surface area contributed by atoms with E-state index in [1.807, 2.05) is 12.5 Å². The van der Waals surface area contributed by atoms with Crippen LogP contribution in [0, 0.1) is 0 Å². The van der Waals surface area contributed by atoms with Crippen molar-refractivity contribution in [2.75, 3.05) is 13.1 Å². The molecule has 1 aliphatic rings. The Hall–Kier alpha value is -1.62. The summed E-state index contributed by atoms with van der Waals surface area (Å²) in [7, 11) is 0. The van der Waals surface area contributed by atoms with Crippen molar-refractivity contribution in [3.63, 3.8) is 0 Å². The van der Waals surface area contributed by atoms with E-state index in [2.05, 4.69) is 50.6 Å². The maximum absolute atomic E-state index is 4.35. The van der Waals surface area contributed by atoms with Crippen LogP contribution in [0.4, 0.5) is 0 Å². The molecule has 1 fully saturated rings. The summed E-state index contributed by atoms with van der Waals surface area (Å²) in [5.41, 5.74) is 1.30. The SMILES string of the molecule is CC(C)n1cnnc1C1CCN(Cc2ccc[nH]2)CC1. The standard InChI is InChI=1S/C15H23N5/c1-12(2)20-11-17-18-15(20)13-5-8-19(9-6-13)10-14-4-3-7-16-14/h3-4,7,11-13,16H,5-6,8-10H2,1-2H3. The minimum atomic E-state index is 0.442. The zero-order valence-corrected chi connectivity index (χ0v) is 12.3. The van der Waals surface area contributed by atoms with Crippen LogP contribution in [-0.2, 0) is 6.54 Å². The van der Waals surface area contributed by atoms with E-state index < -0.39 is 0 Å². The molecule has 0 aromatic carbocycles. The third-order valence-corrected chi connectivity index (χ3v) is 4.17. The zero-order valence-electron chi connectivity index (χ0n) is 12.3. The zero-order chi connectivity index (χ0) is 13.9. The molecular weight excluding hydrogens is 250 g/mol. The number of piperidine rings is 1. The van der Waals surface area contributed by atoms with Crippen molar-refractivity contribution in [2.45, 2.75) is 45.2 Å². The van der Waals surface area contributed by atoms with Crippen molar-refractivity contribution in [1.29, 1.82) is 0 Å². The second kappa shape index (κ2) is 5.79. The average Bonchev–Trinajstić information content (AvgIpc) is 3.10. The van der Waals surface area contributed by atoms with Gasteiger partial charge in [0.05, 0.1) is 0 Å². The Morgan fingerprint density at radius 1 is 1.35 bits per heavy atom. The van der Waals surface area contributed by atoms with Gasteiger partial charge in [-0.15, -0.1) is 10.2 Å². The summed E-state index contributed by atoms with van der Waals surface area (Å²) in [6, 6.07) is 4.66. The molecule has 0 bridgehead atoms. The van der Waals surface area contributed by atoms with E-state index in [1.165, 1.54) is 24.4 Å². The number of nitrogens with zero attached hydrogens (tertiary/aromatic N) is 4. The highest BCUT2D eigenvalue weighted by molar-refractivity contribution is 5.05. The first kappa shape index (κ1) is 13.4. The Morgan fingerprint density at radius 3 is 2.80 bits per heavy atom. The molecule has 1 N–H and O–H groups in total. The largest absolute Gasteiger partial charge is 0.364 e. The average molecular weight is 273 g/mol. The smallest absolute Gasteiger partial charge is 0.136 e. The molecule has 2 aromatic rings. The van der Waals surface area contributed by atoms with E-state index in [9.17, 15) is 0 Å².